The maximum atomic E-state index is 11.4. The second kappa shape index (κ2) is 4.45. The number of para-hydroxylation sites is 1. The quantitative estimate of drug-likeness (QED) is 0.706. The predicted octanol–water partition coefficient (Wildman–Crippen LogP) is 0.423. The summed E-state index contributed by atoms with van der Waals surface area (Å²) in [4.78, 5) is 22.0. The molecule has 0 saturated carbocycles. The van der Waals surface area contributed by atoms with Crippen LogP contribution in [0, 0.1) is 0 Å². The number of carbonyl (C=O) groups is 2. The van der Waals surface area contributed by atoms with Crippen LogP contribution in [0.4, 0.5) is 0 Å². The van der Waals surface area contributed by atoms with Crippen molar-refractivity contribution in [1.29, 1.82) is 0 Å². The van der Waals surface area contributed by atoms with Crippen LogP contribution in [0.3, 0.4) is 0 Å². The molecule has 0 aliphatic heterocycles. The molecule has 0 bridgehead atoms. The van der Waals surface area contributed by atoms with Crippen molar-refractivity contribution >= 4 is 11.9 Å². The number of nitrogens with two attached hydrogens (primary N) is 1. The first-order valence-electron chi connectivity index (χ1n) is 4.30. The van der Waals surface area contributed by atoms with Gasteiger partial charge in [0.2, 0.25) is 0 Å². The van der Waals surface area contributed by atoms with E-state index in [4.69, 9.17) is 10.5 Å². The van der Waals surface area contributed by atoms with Crippen molar-refractivity contribution in [2.75, 3.05) is 0 Å². The van der Waals surface area contributed by atoms with Crippen molar-refractivity contribution in [2.24, 2.45) is 5.73 Å². The van der Waals surface area contributed by atoms with Gasteiger partial charge in [-0.1, -0.05) is 12.1 Å². The molecule has 0 aliphatic carbocycles. The summed E-state index contributed by atoms with van der Waals surface area (Å²) in [6.07, 6.45) is -1.02. The van der Waals surface area contributed by atoms with Gasteiger partial charge in [-0.3, -0.25) is 4.79 Å². The minimum absolute atomic E-state index is 0.00519. The van der Waals surface area contributed by atoms with E-state index in [1.54, 1.807) is 12.1 Å². The van der Waals surface area contributed by atoms with Gasteiger partial charge in [0.15, 0.2) is 6.10 Å². The van der Waals surface area contributed by atoms with Gasteiger partial charge in [-0.05, 0) is 19.1 Å². The van der Waals surface area contributed by atoms with E-state index in [1.807, 2.05) is 0 Å². The fourth-order valence-corrected chi connectivity index (χ4v) is 0.928. The highest BCUT2D eigenvalue weighted by Gasteiger charge is 2.18. The van der Waals surface area contributed by atoms with Crippen LogP contribution in [0.2, 0.25) is 0 Å². The molecule has 0 radical (unpaired) electrons. The van der Waals surface area contributed by atoms with Crippen molar-refractivity contribution in [3.05, 3.63) is 29.8 Å². The van der Waals surface area contributed by atoms with E-state index in [0.717, 1.165) is 0 Å². The SMILES string of the molecule is C[C@@H](OC(=O)c1ccccc1O)C(N)=O. The summed E-state index contributed by atoms with van der Waals surface area (Å²) in [5, 5.41) is 9.32. The van der Waals surface area contributed by atoms with Crippen molar-refractivity contribution in [1.82, 2.24) is 0 Å². The van der Waals surface area contributed by atoms with Gasteiger partial charge < -0.3 is 15.6 Å². The second-order valence-corrected chi connectivity index (χ2v) is 2.97. The average molecular weight is 209 g/mol. The second-order valence-electron chi connectivity index (χ2n) is 2.97. The molecule has 0 aromatic heterocycles. The molecule has 1 aromatic carbocycles. The first kappa shape index (κ1) is 11.0. The Balaban J connectivity index is 2.78. The smallest absolute Gasteiger partial charge is 0.342 e. The van der Waals surface area contributed by atoms with Crippen molar-refractivity contribution in [3.63, 3.8) is 0 Å². The van der Waals surface area contributed by atoms with Gasteiger partial charge in [0.25, 0.3) is 5.91 Å². The Morgan fingerprint density at radius 2 is 2.00 bits per heavy atom. The van der Waals surface area contributed by atoms with E-state index in [1.165, 1.54) is 19.1 Å². The van der Waals surface area contributed by atoms with Crippen molar-refractivity contribution < 1.29 is 19.4 Å². The lowest BCUT2D eigenvalue weighted by atomic mass is 10.2. The molecule has 0 fully saturated rings. The van der Waals surface area contributed by atoms with Crippen molar-refractivity contribution in [3.8, 4) is 5.75 Å². The molecule has 1 rings (SSSR count). The molecular weight excluding hydrogens is 198 g/mol. The summed E-state index contributed by atoms with van der Waals surface area (Å²) >= 11 is 0. The Morgan fingerprint density at radius 3 is 2.53 bits per heavy atom. The highest BCUT2D eigenvalue weighted by molar-refractivity contribution is 5.94. The molecule has 0 saturated heterocycles. The highest BCUT2D eigenvalue weighted by atomic mass is 16.5. The lowest BCUT2D eigenvalue weighted by Gasteiger charge is -2.09. The van der Waals surface area contributed by atoms with Gasteiger partial charge in [-0.2, -0.15) is 0 Å². The maximum Gasteiger partial charge on any atom is 0.342 e. The molecule has 0 heterocycles. The molecular formula is C10H11NO4. The minimum Gasteiger partial charge on any atom is -0.507 e. The standard InChI is InChI=1S/C10H11NO4/c1-6(9(11)13)15-10(14)7-4-2-3-5-8(7)12/h2-6,12H,1H3,(H2,11,13)/t6-/m1/s1. The number of amides is 1. The Morgan fingerprint density at radius 1 is 1.40 bits per heavy atom. The first-order valence-corrected chi connectivity index (χ1v) is 4.30. The number of primary amides is 1. The maximum absolute atomic E-state index is 11.4. The molecule has 1 atom stereocenters. The summed E-state index contributed by atoms with van der Waals surface area (Å²) in [5.41, 5.74) is 4.93. The zero-order valence-electron chi connectivity index (χ0n) is 8.14. The number of aromatic hydroxyl groups is 1. The molecule has 0 spiro atoms. The Labute approximate surface area is 86.5 Å². The number of hydrogen-bond acceptors (Lipinski definition) is 4. The van der Waals surface area contributed by atoms with Crippen LogP contribution in [0.25, 0.3) is 0 Å². The van der Waals surface area contributed by atoms with Gasteiger partial charge in [-0.15, -0.1) is 0 Å². The number of carbonyl (C=O) groups excluding carboxylic acids is 2. The summed E-state index contributed by atoms with van der Waals surface area (Å²) in [6.45, 7) is 1.36. The third-order valence-electron chi connectivity index (χ3n) is 1.81. The monoisotopic (exact) mass is 209 g/mol. The molecule has 1 aromatic rings. The summed E-state index contributed by atoms with van der Waals surface area (Å²) in [6, 6.07) is 5.89. The van der Waals surface area contributed by atoms with Gasteiger partial charge >= 0.3 is 5.97 Å². The fourth-order valence-electron chi connectivity index (χ4n) is 0.928. The molecule has 0 unspecified atom stereocenters. The molecule has 3 N–H and O–H groups in total. The number of esters is 1. The Hall–Kier alpha value is -2.04. The molecule has 1 amide bonds. The number of rotatable bonds is 3. The lowest BCUT2D eigenvalue weighted by Crippen LogP contribution is -2.30. The lowest BCUT2D eigenvalue weighted by molar-refractivity contribution is -0.125. The zero-order chi connectivity index (χ0) is 11.4. The average Bonchev–Trinajstić information content (AvgIpc) is 2.18. The van der Waals surface area contributed by atoms with E-state index in [-0.39, 0.29) is 11.3 Å². The normalized spacial score (nSPS) is 11.8. The number of phenolic OH excluding ortho intramolecular Hbond substituents is 1. The minimum atomic E-state index is -1.02. The summed E-state index contributed by atoms with van der Waals surface area (Å²) < 4.78 is 4.71. The first-order chi connectivity index (χ1) is 7.02. The molecule has 5 nitrogen and oxygen atoms in total. The number of hydrogen-bond donors (Lipinski definition) is 2. The molecule has 15 heavy (non-hydrogen) atoms. The predicted molar refractivity (Wildman–Crippen MR) is 52.2 cm³/mol. The number of phenols is 1. The van der Waals surface area contributed by atoms with E-state index in [0.29, 0.717) is 0 Å². The molecule has 5 heteroatoms. The van der Waals surface area contributed by atoms with Gasteiger partial charge in [0.05, 0.1) is 0 Å². The van der Waals surface area contributed by atoms with Gasteiger partial charge in [0, 0.05) is 0 Å². The zero-order valence-corrected chi connectivity index (χ0v) is 8.14. The van der Waals surface area contributed by atoms with Crippen LogP contribution in [-0.2, 0) is 9.53 Å². The largest absolute Gasteiger partial charge is 0.507 e. The van der Waals surface area contributed by atoms with Crippen LogP contribution in [-0.4, -0.2) is 23.1 Å². The summed E-state index contributed by atoms with van der Waals surface area (Å²) in [5.74, 6) is -1.71. The van der Waals surface area contributed by atoms with E-state index in [2.05, 4.69) is 0 Å². The third-order valence-corrected chi connectivity index (χ3v) is 1.81. The van der Waals surface area contributed by atoms with Gasteiger partial charge in [-0.25, -0.2) is 4.79 Å². The number of ether oxygens (including phenoxy) is 1. The number of benzene rings is 1. The highest BCUT2D eigenvalue weighted by Crippen LogP contribution is 2.17. The fraction of sp³-hybridized carbons (Fsp3) is 0.200. The van der Waals surface area contributed by atoms with E-state index < -0.39 is 18.0 Å². The van der Waals surface area contributed by atoms with E-state index in [9.17, 15) is 14.7 Å². The van der Waals surface area contributed by atoms with Gasteiger partial charge in [0.1, 0.15) is 11.3 Å². The van der Waals surface area contributed by atoms with Crippen molar-refractivity contribution in [2.45, 2.75) is 13.0 Å². The van der Waals surface area contributed by atoms with Crippen LogP contribution < -0.4 is 5.73 Å². The van der Waals surface area contributed by atoms with Crippen LogP contribution in [0.15, 0.2) is 24.3 Å². The van der Waals surface area contributed by atoms with Crippen LogP contribution in [0.5, 0.6) is 5.75 Å². The Kier molecular flexibility index (Phi) is 3.28. The molecule has 80 valence electrons. The molecule has 0 aliphatic rings. The topological polar surface area (TPSA) is 89.6 Å². The Bertz CT molecular complexity index is 389. The third kappa shape index (κ3) is 2.70. The van der Waals surface area contributed by atoms with Crippen LogP contribution >= 0.6 is 0 Å². The van der Waals surface area contributed by atoms with E-state index >= 15 is 0 Å². The van der Waals surface area contributed by atoms with Crippen LogP contribution in [0.1, 0.15) is 17.3 Å². The summed E-state index contributed by atoms with van der Waals surface area (Å²) in [7, 11) is 0.